The molecule has 1 aromatic carbocycles. The number of rotatable bonds is 10. The highest BCUT2D eigenvalue weighted by Crippen LogP contribution is 2.23. The molecule has 120 valence electrons. The van der Waals surface area contributed by atoms with E-state index in [0.717, 1.165) is 0 Å². The Morgan fingerprint density at radius 3 is 2.38 bits per heavy atom. The van der Waals surface area contributed by atoms with Crippen molar-refractivity contribution in [2.45, 2.75) is 4.90 Å². The predicted octanol–water partition coefficient (Wildman–Crippen LogP) is 1.38. The molecule has 0 aliphatic heterocycles. The summed E-state index contributed by atoms with van der Waals surface area (Å²) < 4.78 is 39.5. The molecule has 1 rings (SSSR count). The molecule has 8 heteroatoms. The van der Waals surface area contributed by atoms with Crippen molar-refractivity contribution in [3.63, 3.8) is 0 Å². The van der Waals surface area contributed by atoms with Crippen LogP contribution in [0.1, 0.15) is 0 Å². The van der Waals surface area contributed by atoms with Gasteiger partial charge in [0.05, 0.1) is 49.4 Å². The lowest BCUT2D eigenvalue weighted by Gasteiger charge is -2.09. The summed E-state index contributed by atoms with van der Waals surface area (Å²) in [5.41, 5.74) is 5.85. The third-order valence-electron chi connectivity index (χ3n) is 2.61. The monoisotopic (exact) mass is 337 g/mol. The van der Waals surface area contributed by atoms with Crippen LogP contribution in [0.4, 0.5) is 5.69 Å². The number of hydrogen-bond acceptors (Lipinski definition) is 6. The van der Waals surface area contributed by atoms with Gasteiger partial charge in [0.1, 0.15) is 0 Å². The third-order valence-corrected chi connectivity index (χ3v) is 4.57. The highest BCUT2D eigenvalue weighted by atomic mass is 35.5. The van der Waals surface area contributed by atoms with E-state index in [1.807, 2.05) is 0 Å². The Bertz CT molecular complexity index is 535. The molecule has 0 saturated heterocycles. The minimum Gasteiger partial charge on any atom is -0.398 e. The zero-order chi connectivity index (χ0) is 15.7. The second-order valence-electron chi connectivity index (χ2n) is 4.22. The molecule has 6 nitrogen and oxygen atoms in total. The summed E-state index contributed by atoms with van der Waals surface area (Å²) in [6, 6.07) is 4.36. The van der Waals surface area contributed by atoms with Gasteiger partial charge in [-0.2, -0.15) is 0 Å². The summed E-state index contributed by atoms with van der Waals surface area (Å²) in [5, 5.41) is 0.329. The van der Waals surface area contributed by atoms with Crippen molar-refractivity contribution in [1.29, 1.82) is 0 Å². The van der Waals surface area contributed by atoms with Crippen molar-refractivity contribution in [3.05, 3.63) is 23.2 Å². The summed E-state index contributed by atoms with van der Waals surface area (Å²) in [5.74, 6) is -0.157. The maximum Gasteiger partial charge on any atom is 0.182 e. The van der Waals surface area contributed by atoms with Crippen molar-refractivity contribution >= 4 is 27.1 Å². The Kier molecular flexibility index (Phi) is 7.98. The van der Waals surface area contributed by atoms with Gasteiger partial charge >= 0.3 is 0 Å². The van der Waals surface area contributed by atoms with Crippen LogP contribution in [0, 0.1) is 0 Å². The molecule has 0 radical (unpaired) electrons. The largest absolute Gasteiger partial charge is 0.398 e. The zero-order valence-corrected chi connectivity index (χ0v) is 13.5. The summed E-state index contributed by atoms with van der Waals surface area (Å²) in [6.45, 7) is 1.79. The van der Waals surface area contributed by atoms with Crippen molar-refractivity contribution in [1.82, 2.24) is 0 Å². The quantitative estimate of drug-likeness (QED) is 0.512. The number of ether oxygens (including phenoxy) is 3. The Morgan fingerprint density at radius 1 is 1.10 bits per heavy atom. The number of halogens is 1. The van der Waals surface area contributed by atoms with E-state index in [9.17, 15) is 8.42 Å². The van der Waals surface area contributed by atoms with Gasteiger partial charge in [-0.25, -0.2) is 8.42 Å². The molecule has 2 N–H and O–H groups in total. The van der Waals surface area contributed by atoms with Crippen LogP contribution in [0.5, 0.6) is 0 Å². The summed E-state index contributed by atoms with van der Waals surface area (Å²) in [6.07, 6.45) is 0. The fraction of sp³-hybridized carbons (Fsp3) is 0.538. The van der Waals surface area contributed by atoms with Gasteiger partial charge in [0.25, 0.3) is 0 Å². The smallest absolute Gasteiger partial charge is 0.182 e. The fourth-order valence-electron chi connectivity index (χ4n) is 1.52. The molecule has 0 atom stereocenters. The summed E-state index contributed by atoms with van der Waals surface area (Å²) >= 11 is 5.79. The van der Waals surface area contributed by atoms with Crippen molar-refractivity contribution in [3.8, 4) is 0 Å². The zero-order valence-electron chi connectivity index (χ0n) is 11.9. The van der Waals surface area contributed by atoms with E-state index in [-0.39, 0.29) is 22.9 Å². The normalized spacial score (nSPS) is 11.7. The maximum atomic E-state index is 12.1. The molecule has 0 aliphatic carbocycles. The molecular weight excluding hydrogens is 318 g/mol. The van der Waals surface area contributed by atoms with Crippen molar-refractivity contribution < 1.29 is 22.6 Å². The highest BCUT2D eigenvalue weighted by molar-refractivity contribution is 7.91. The van der Waals surface area contributed by atoms with Crippen LogP contribution in [0.3, 0.4) is 0 Å². The highest BCUT2D eigenvalue weighted by Gasteiger charge is 2.17. The van der Waals surface area contributed by atoms with E-state index < -0.39 is 9.84 Å². The molecule has 0 amide bonds. The van der Waals surface area contributed by atoms with E-state index >= 15 is 0 Å². The molecule has 0 unspecified atom stereocenters. The van der Waals surface area contributed by atoms with Crippen LogP contribution in [-0.4, -0.2) is 54.3 Å². The van der Waals surface area contributed by atoms with Crippen LogP contribution < -0.4 is 5.73 Å². The first-order chi connectivity index (χ1) is 9.97. The van der Waals surface area contributed by atoms with Gasteiger partial charge in [0, 0.05) is 12.1 Å². The average Bonchev–Trinajstić information content (AvgIpc) is 2.44. The molecule has 0 spiro atoms. The van der Waals surface area contributed by atoms with Crippen LogP contribution >= 0.6 is 11.6 Å². The van der Waals surface area contributed by atoms with Crippen LogP contribution in [-0.2, 0) is 24.0 Å². The molecule has 0 fully saturated rings. The van der Waals surface area contributed by atoms with Crippen molar-refractivity contribution in [2.24, 2.45) is 0 Å². The van der Waals surface area contributed by atoms with E-state index in [1.165, 1.54) is 12.1 Å². The molecule has 0 heterocycles. The van der Waals surface area contributed by atoms with Gasteiger partial charge in [0.15, 0.2) is 9.84 Å². The number of nitrogens with two attached hydrogens (primary N) is 1. The Hall–Kier alpha value is -0.860. The standard InChI is InChI=1S/C13H20ClNO5S/c1-18-4-5-19-6-7-20-8-9-21(16,17)13-10-11(14)2-3-12(13)15/h2-3,10H,4-9,15H2,1H3. The number of hydrogen-bond donors (Lipinski definition) is 1. The van der Waals surface area contributed by atoms with E-state index in [1.54, 1.807) is 13.2 Å². The molecular formula is C13H20ClNO5S. The lowest BCUT2D eigenvalue weighted by atomic mass is 10.3. The minimum absolute atomic E-state index is 0.0370. The van der Waals surface area contributed by atoms with Crippen LogP contribution in [0.2, 0.25) is 5.02 Å². The first-order valence-electron chi connectivity index (χ1n) is 6.39. The fourth-order valence-corrected chi connectivity index (χ4v) is 3.05. The number of nitrogen functional groups attached to an aromatic ring is 1. The number of anilines is 1. The van der Waals surface area contributed by atoms with Crippen LogP contribution in [0.15, 0.2) is 23.1 Å². The predicted molar refractivity (Wildman–Crippen MR) is 81.4 cm³/mol. The minimum atomic E-state index is -3.51. The molecule has 0 bridgehead atoms. The molecule has 21 heavy (non-hydrogen) atoms. The number of benzene rings is 1. The molecule has 1 aromatic rings. The topological polar surface area (TPSA) is 87.9 Å². The first-order valence-corrected chi connectivity index (χ1v) is 8.42. The average molecular weight is 338 g/mol. The van der Waals surface area contributed by atoms with E-state index in [4.69, 9.17) is 31.5 Å². The summed E-state index contributed by atoms with van der Waals surface area (Å²) in [4.78, 5) is 0.0370. The van der Waals surface area contributed by atoms with Gasteiger partial charge in [-0.15, -0.1) is 0 Å². The Balaban J connectivity index is 2.35. The lowest BCUT2D eigenvalue weighted by Crippen LogP contribution is -2.16. The SMILES string of the molecule is COCCOCCOCCS(=O)(=O)c1cc(Cl)ccc1N. The Morgan fingerprint density at radius 2 is 1.71 bits per heavy atom. The van der Waals surface area contributed by atoms with Crippen molar-refractivity contribution in [2.75, 3.05) is 51.6 Å². The van der Waals surface area contributed by atoms with E-state index in [2.05, 4.69) is 0 Å². The van der Waals surface area contributed by atoms with Gasteiger partial charge in [-0.3, -0.25) is 0 Å². The van der Waals surface area contributed by atoms with E-state index in [0.29, 0.717) is 31.5 Å². The molecule has 0 aromatic heterocycles. The molecule has 0 aliphatic rings. The maximum absolute atomic E-state index is 12.1. The third kappa shape index (κ3) is 6.62. The lowest BCUT2D eigenvalue weighted by molar-refractivity contribution is 0.0284. The number of sulfone groups is 1. The Labute approximate surface area is 130 Å². The van der Waals surface area contributed by atoms with Gasteiger partial charge in [-0.05, 0) is 18.2 Å². The molecule has 0 saturated carbocycles. The van der Waals surface area contributed by atoms with Gasteiger partial charge in [-0.1, -0.05) is 11.6 Å². The van der Waals surface area contributed by atoms with Gasteiger partial charge < -0.3 is 19.9 Å². The first kappa shape index (κ1) is 18.2. The van der Waals surface area contributed by atoms with Crippen LogP contribution in [0.25, 0.3) is 0 Å². The summed E-state index contributed by atoms with van der Waals surface area (Å²) in [7, 11) is -1.92. The number of methoxy groups -OCH3 is 1. The second kappa shape index (κ2) is 9.22. The second-order valence-corrected chi connectivity index (χ2v) is 6.73. The van der Waals surface area contributed by atoms with Gasteiger partial charge in [0.2, 0.25) is 0 Å².